The van der Waals surface area contributed by atoms with Crippen molar-refractivity contribution in [2.24, 2.45) is 0 Å². The molecule has 2 N–H and O–H groups in total. The summed E-state index contributed by atoms with van der Waals surface area (Å²) in [7, 11) is 0. The molecular formula is C11H20O2. The Morgan fingerprint density at radius 1 is 1.08 bits per heavy atom. The number of hydrogen-bond donors (Lipinski definition) is 2. The minimum Gasteiger partial charge on any atom is -0.356 e. The summed E-state index contributed by atoms with van der Waals surface area (Å²) in [6.07, 6.45) is 6.80. The third-order valence-corrected chi connectivity index (χ3v) is 1.73. The topological polar surface area (TPSA) is 40.5 Å². The van der Waals surface area contributed by atoms with Crippen LogP contribution in [0.1, 0.15) is 52.4 Å². The summed E-state index contributed by atoms with van der Waals surface area (Å²) in [6.45, 7) is 3.46. The van der Waals surface area contributed by atoms with Crippen LogP contribution in [0.5, 0.6) is 0 Å². The number of hydrogen-bond acceptors (Lipinski definition) is 2. The summed E-state index contributed by atoms with van der Waals surface area (Å²) < 4.78 is 0. The average Bonchev–Trinajstić information content (AvgIpc) is 2.01. The molecular weight excluding hydrogens is 164 g/mol. The van der Waals surface area contributed by atoms with Crippen LogP contribution in [-0.2, 0) is 0 Å². The average molecular weight is 184 g/mol. The Bertz CT molecular complexity index is 169. The second-order valence-corrected chi connectivity index (χ2v) is 3.49. The molecule has 0 aliphatic carbocycles. The number of unbranched alkanes of at least 4 members (excludes halogenated alkanes) is 5. The van der Waals surface area contributed by atoms with E-state index in [1.165, 1.54) is 32.6 Å². The molecule has 76 valence electrons. The van der Waals surface area contributed by atoms with E-state index in [4.69, 9.17) is 10.2 Å². The molecule has 0 aromatic carbocycles. The van der Waals surface area contributed by atoms with Crippen molar-refractivity contribution in [1.82, 2.24) is 0 Å². The summed E-state index contributed by atoms with van der Waals surface area (Å²) in [4.78, 5) is 0. The minimum atomic E-state index is -1.82. The van der Waals surface area contributed by atoms with Crippen molar-refractivity contribution < 1.29 is 10.2 Å². The zero-order valence-corrected chi connectivity index (χ0v) is 8.64. The second kappa shape index (κ2) is 6.94. The van der Waals surface area contributed by atoms with Gasteiger partial charge in [-0.1, -0.05) is 38.5 Å². The molecule has 0 radical (unpaired) electrons. The first-order valence-electron chi connectivity index (χ1n) is 5.01. The summed E-state index contributed by atoms with van der Waals surface area (Å²) in [5.74, 6) is 3.31. The molecule has 0 bridgehead atoms. The first-order valence-corrected chi connectivity index (χ1v) is 5.01. The highest BCUT2D eigenvalue weighted by Gasteiger charge is 2.07. The first-order chi connectivity index (χ1) is 6.06. The molecule has 2 nitrogen and oxygen atoms in total. The largest absolute Gasteiger partial charge is 0.356 e. The van der Waals surface area contributed by atoms with Crippen LogP contribution >= 0.6 is 0 Å². The Kier molecular flexibility index (Phi) is 6.66. The molecule has 0 aliphatic rings. The molecule has 0 heterocycles. The van der Waals surface area contributed by atoms with Gasteiger partial charge in [-0.05, 0) is 12.3 Å². The molecule has 0 spiro atoms. The van der Waals surface area contributed by atoms with Crippen molar-refractivity contribution in [3.05, 3.63) is 0 Å². The Labute approximate surface area is 81.0 Å². The van der Waals surface area contributed by atoms with Gasteiger partial charge in [-0.2, -0.15) is 0 Å². The molecule has 13 heavy (non-hydrogen) atoms. The fourth-order valence-electron chi connectivity index (χ4n) is 1.05. The van der Waals surface area contributed by atoms with Gasteiger partial charge < -0.3 is 10.2 Å². The summed E-state index contributed by atoms with van der Waals surface area (Å²) in [5, 5.41) is 17.7. The molecule has 2 heteroatoms. The van der Waals surface area contributed by atoms with Crippen molar-refractivity contribution in [2.75, 3.05) is 0 Å². The molecule has 0 rings (SSSR count). The quantitative estimate of drug-likeness (QED) is 0.390. The Morgan fingerprint density at radius 3 is 2.23 bits per heavy atom. The fraction of sp³-hybridized carbons (Fsp3) is 0.818. The molecule has 0 aromatic heterocycles. The maximum Gasteiger partial charge on any atom is 0.225 e. The van der Waals surface area contributed by atoms with E-state index in [1.807, 2.05) is 0 Å². The van der Waals surface area contributed by atoms with Crippen LogP contribution in [-0.4, -0.2) is 16.0 Å². The van der Waals surface area contributed by atoms with Crippen molar-refractivity contribution in [3.63, 3.8) is 0 Å². The smallest absolute Gasteiger partial charge is 0.225 e. The zero-order chi connectivity index (χ0) is 10.2. The minimum absolute atomic E-state index is 0.764. The van der Waals surface area contributed by atoms with Crippen LogP contribution in [0.25, 0.3) is 0 Å². The summed E-state index contributed by atoms with van der Waals surface area (Å²) in [5.41, 5.74) is 0. The summed E-state index contributed by atoms with van der Waals surface area (Å²) in [6, 6.07) is 0. The monoisotopic (exact) mass is 184 g/mol. The fourth-order valence-corrected chi connectivity index (χ4v) is 1.05. The highest BCUT2D eigenvalue weighted by molar-refractivity contribution is 5.06. The van der Waals surface area contributed by atoms with Gasteiger partial charge in [0.05, 0.1) is 0 Å². The van der Waals surface area contributed by atoms with Crippen LogP contribution in [0.15, 0.2) is 0 Å². The van der Waals surface area contributed by atoms with E-state index < -0.39 is 5.79 Å². The van der Waals surface area contributed by atoms with Gasteiger partial charge in [0.1, 0.15) is 0 Å². The lowest BCUT2D eigenvalue weighted by molar-refractivity contribution is -0.0915. The zero-order valence-electron chi connectivity index (χ0n) is 8.64. The van der Waals surface area contributed by atoms with E-state index >= 15 is 0 Å². The molecule has 0 aromatic rings. The van der Waals surface area contributed by atoms with Crippen LogP contribution in [0.2, 0.25) is 0 Å². The van der Waals surface area contributed by atoms with Gasteiger partial charge in [-0.3, -0.25) is 0 Å². The van der Waals surface area contributed by atoms with E-state index in [0.29, 0.717) is 0 Å². The lowest BCUT2D eigenvalue weighted by atomic mass is 10.1. The van der Waals surface area contributed by atoms with Gasteiger partial charge in [-0.25, -0.2) is 0 Å². The standard InChI is InChI=1S/C11H20O2/c1-3-4-5-6-7-8-9-10-11(2,12)13/h12-13H,3-8H2,1-2H3. The van der Waals surface area contributed by atoms with Crippen molar-refractivity contribution in [1.29, 1.82) is 0 Å². The van der Waals surface area contributed by atoms with Gasteiger partial charge in [0, 0.05) is 13.3 Å². The molecule has 0 atom stereocenters. The Morgan fingerprint density at radius 2 is 1.69 bits per heavy atom. The number of rotatable bonds is 5. The molecule has 0 fully saturated rings. The molecule has 0 saturated heterocycles. The van der Waals surface area contributed by atoms with E-state index in [-0.39, 0.29) is 0 Å². The van der Waals surface area contributed by atoms with Gasteiger partial charge in [0.15, 0.2) is 0 Å². The Hall–Kier alpha value is -0.520. The SMILES string of the molecule is CCCCCCCC#CC(C)(O)O. The van der Waals surface area contributed by atoms with Crippen molar-refractivity contribution in [2.45, 2.75) is 58.2 Å². The normalized spacial score (nSPS) is 10.8. The maximum absolute atomic E-state index is 8.84. The first kappa shape index (κ1) is 12.5. The maximum atomic E-state index is 8.84. The predicted molar refractivity (Wildman–Crippen MR) is 54.0 cm³/mol. The molecule has 0 saturated carbocycles. The third kappa shape index (κ3) is 11.5. The van der Waals surface area contributed by atoms with E-state index in [0.717, 1.165) is 12.8 Å². The molecule has 0 amide bonds. The van der Waals surface area contributed by atoms with E-state index in [1.54, 1.807) is 0 Å². The van der Waals surface area contributed by atoms with Crippen LogP contribution < -0.4 is 0 Å². The van der Waals surface area contributed by atoms with E-state index in [9.17, 15) is 0 Å². The van der Waals surface area contributed by atoms with Gasteiger partial charge in [-0.15, -0.1) is 0 Å². The van der Waals surface area contributed by atoms with Gasteiger partial charge in [0.25, 0.3) is 0 Å². The highest BCUT2D eigenvalue weighted by Crippen LogP contribution is 2.04. The van der Waals surface area contributed by atoms with Gasteiger partial charge in [0.2, 0.25) is 5.79 Å². The Balaban J connectivity index is 3.28. The van der Waals surface area contributed by atoms with Crippen LogP contribution in [0.4, 0.5) is 0 Å². The lowest BCUT2D eigenvalue weighted by Crippen LogP contribution is -2.19. The highest BCUT2D eigenvalue weighted by atomic mass is 16.5. The van der Waals surface area contributed by atoms with Crippen molar-refractivity contribution in [3.8, 4) is 11.8 Å². The third-order valence-electron chi connectivity index (χ3n) is 1.73. The lowest BCUT2D eigenvalue weighted by Gasteiger charge is -2.04. The van der Waals surface area contributed by atoms with E-state index in [2.05, 4.69) is 18.8 Å². The molecule has 0 unspecified atom stereocenters. The second-order valence-electron chi connectivity index (χ2n) is 3.49. The number of aliphatic hydroxyl groups is 2. The van der Waals surface area contributed by atoms with Gasteiger partial charge >= 0.3 is 0 Å². The van der Waals surface area contributed by atoms with Crippen molar-refractivity contribution >= 4 is 0 Å². The predicted octanol–water partition coefficient (Wildman–Crippen LogP) is 2.05. The molecule has 0 aliphatic heterocycles. The van der Waals surface area contributed by atoms with Crippen LogP contribution in [0.3, 0.4) is 0 Å². The van der Waals surface area contributed by atoms with Crippen LogP contribution in [0, 0.1) is 11.8 Å². The summed E-state index contributed by atoms with van der Waals surface area (Å²) >= 11 is 0.